The Morgan fingerprint density at radius 2 is 1.36 bits per heavy atom. The van der Waals surface area contributed by atoms with Gasteiger partial charge in [-0.3, -0.25) is 0 Å². The molecule has 0 N–H and O–H groups in total. The fourth-order valence-electron chi connectivity index (χ4n) is 0.607. The van der Waals surface area contributed by atoms with Crippen molar-refractivity contribution in [3.05, 3.63) is 12.8 Å². The van der Waals surface area contributed by atoms with Gasteiger partial charge in [-0.2, -0.15) is 25.7 Å². The van der Waals surface area contributed by atoms with Gasteiger partial charge in [0.25, 0.3) is 0 Å². The molecule has 0 fully saturated rings. The molecular weight excluding hydrogens is 234 g/mol. The van der Waals surface area contributed by atoms with Crippen molar-refractivity contribution in [1.82, 2.24) is 0 Å². The van der Waals surface area contributed by atoms with Crippen LogP contribution >= 0.6 is 5.05 Å². The summed E-state index contributed by atoms with van der Waals surface area (Å²) in [6.45, 7) is 8.71. The summed E-state index contributed by atoms with van der Waals surface area (Å²) in [6, 6.07) is 0. The zero-order valence-corrected chi connectivity index (χ0v) is 11.0. The molecule has 2 unspecified atom stereocenters. The van der Waals surface area contributed by atoms with E-state index < -0.39 is 0 Å². The monoisotopic (exact) mass is 249 g/mol. The van der Waals surface area contributed by atoms with Crippen LogP contribution in [0.3, 0.4) is 0 Å². The van der Waals surface area contributed by atoms with E-state index in [1.165, 1.54) is 0 Å². The van der Waals surface area contributed by atoms with Crippen LogP contribution < -0.4 is 0 Å². The van der Waals surface area contributed by atoms with E-state index in [-0.39, 0.29) is 5.05 Å². The van der Waals surface area contributed by atoms with E-state index in [2.05, 4.69) is 40.5 Å². The van der Waals surface area contributed by atoms with E-state index in [9.17, 15) is 0 Å². The topological polar surface area (TPSA) is 17.1 Å². The van der Waals surface area contributed by atoms with Crippen LogP contribution in [-0.4, -0.2) is 0 Å². The molecule has 0 aromatic rings. The minimum absolute atomic E-state index is 0.257. The first-order valence-corrected chi connectivity index (χ1v) is 7.83. The van der Waals surface area contributed by atoms with E-state index in [0.717, 1.165) is 35.2 Å². The van der Waals surface area contributed by atoms with Crippen molar-refractivity contribution in [3.63, 3.8) is 0 Å². The van der Waals surface area contributed by atoms with Crippen molar-refractivity contribution in [3.8, 4) is 0 Å². The van der Waals surface area contributed by atoms with Crippen molar-refractivity contribution in [2.75, 3.05) is 0 Å². The Morgan fingerprint density at radius 3 is 1.45 bits per heavy atom. The van der Waals surface area contributed by atoms with E-state index in [0.29, 0.717) is 0 Å². The quantitative estimate of drug-likeness (QED) is 0.554. The van der Waals surface area contributed by atoms with Gasteiger partial charge in [-0.15, -0.1) is 0 Å². The molecule has 0 aliphatic rings. The van der Waals surface area contributed by atoms with Crippen LogP contribution in [0, 0.1) is 24.7 Å². The van der Waals surface area contributed by atoms with Crippen molar-refractivity contribution in [1.29, 1.82) is 0 Å². The number of hydrogen-bond acceptors (Lipinski definition) is 1. The minimum atomic E-state index is 0.257. The number of hydrogen-bond donors (Lipinski definition) is 0. The molecule has 0 amide bonds. The third kappa shape index (κ3) is 11.1. The molecule has 0 bridgehead atoms. The predicted molar refractivity (Wildman–Crippen MR) is 45.9 cm³/mol. The Morgan fingerprint density at radius 1 is 1.18 bits per heavy atom. The van der Waals surface area contributed by atoms with Gasteiger partial charge in [-0.05, 0) is 0 Å². The van der Waals surface area contributed by atoms with Crippen LogP contribution in [0.5, 0.6) is 0 Å². The van der Waals surface area contributed by atoms with E-state index >= 15 is 0 Å². The van der Waals surface area contributed by atoms with Crippen molar-refractivity contribution in [2.24, 2.45) is 11.8 Å². The van der Waals surface area contributed by atoms with Gasteiger partial charge in [0.05, 0.1) is 0 Å². The summed E-state index contributed by atoms with van der Waals surface area (Å²) in [5, 5.41) is 0.257. The summed E-state index contributed by atoms with van der Waals surface area (Å²) < 4.78 is 8.94. The van der Waals surface area contributed by atoms with E-state index in [1.807, 2.05) is 0 Å². The second-order valence-electron chi connectivity index (χ2n) is 2.48. The normalized spacial score (nSPS) is 14.4. The summed E-state index contributed by atoms with van der Waals surface area (Å²) in [4.78, 5) is 0. The SMILES string of the molecule is C[CH-]C(C)C(C)[CH-]C.O=[P]#[Zr]. The van der Waals surface area contributed by atoms with E-state index in [4.69, 9.17) is 4.57 Å². The van der Waals surface area contributed by atoms with Crippen LogP contribution in [-0.2, 0) is 27.9 Å². The van der Waals surface area contributed by atoms with Gasteiger partial charge < -0.3 is 12.8 Å². The van der Waals surface area contributed by atoms with E-state index in [1.54, 1.807) is 0 Å². The fourth-order valence-corrected chi connectivity index (χ4v) is 0.607. The van der Waals surface area contributed by atoms with Crippen LogP contribution in [0.2, 0.25) is 0 Å². The summed E-state index contributed by atoms with van der Waals surface area (Å²) in [5.41, 5.74) is 0. The summed E-state index contributed by atoms with van der Waals surface area (Å²) in [6.07, 6.45) is 4.48. The molecule has 0 saturated heterocycles. The first-order chi connectivity index (χ1) is 5.13. The Labute approximate surface area is 85.2 Å². The summed E-state index contributed by atoms with van der Waals surface area (Å²) >= 11 is 1.05. The third-order valence-corrected chi connectivity index (χ3v) is 1.88. The number of rotatable bonds is 3. The van der Waals surface area contributed by atoms with Gasteiger partial charge in [0.1, 0.15) is 0 Å². The van der Waals surface area contributed by atoms with Crippen molar-refractivity contribution < 1.29 is 27.9 Å². The average molecular weight is 250 g/mol. The molecule has 0 aromatic heterocycles. The zero-order valence-electron chi connectivity index (χ0n) is 7.66. The Balaban J connectivity index is 0. The molecular formula is C8H16OPZr-2. The van der Waals surface area contributed by atoms with Gasteiger partial charge in [0.15, 0.2) is 0 Å². The summed E-state index contributed by atoms with van der Waals surface area (Å²) in [5.74, 6) is 1.47. The van der Waals surface area contributed by atoms with Crippen molar-refractivity contribution in [2.45, 2.75) is 27.7 Å². The molecule has 1 nitrogen and oxygen atoms in total. The summed E-state index contributed by atoms with van der Waals surface area (Å²) in [7, 11) is 0. The maximum atomic E-state index is 8.94. The molecule has 3 heteroatoms. The Bertz CT molecular complexity index is 136. The average Bonchev–Trinajstić information content (AvgIpc) is 2.03. The first kappa shape index (κ1) is 14.6. The Hall–Kier alpha value is 1.11. The Kier molecular flexibility index (Phi) is 14.8. The molecule has 0 heterocycles. The predicted octanol–water partition coefficient (Wildman–Crippen LogP) is 3.45. The van der Waals surface area contributed by atoms with Crippen LogP contribution in [0.25, 0.3) is 0 Å². The van der Waals surface area contributed by atoms with Gasteiger partial charge in [-0.25, -0.2) is 0 Å². The maximum absolute atomic E-state index is 8.94. The molecule has 0 spiro atoms. The van der Waals surface area contributed by atoms with Gasteiger partial charge in [-0.1, -0.05) is 13.8 Å². The van der Waals surface area contributed by atoms with Crippen LogP contribution in [0.15, 0.2) is 0 Å². The molecule has 0 aliphatic heterocycles. The standard InChI is InChI=1S/C8H16.OP.Zr/c1-5-7(3)8(4)6-2;1-2;/h5-8H,1-4H3;;/q-2;-1;+1. The first-order valence-electron chi connectivity index (χ1n) is 3.72. The molecule has 0 saturated carbocycles. The molecule has 0 aromatic carbocycles. The van der Waals surface area contributed by atoms with Gasteiger partial charge >= 0.3 is 33.0 Å². The second-order valence-corrected chi connectivity index (χ2v) is 4.01. The third-order valence-electron chi connectivity index (χ3n) is 1.88. The molecule has 0 radical (unpaired) electrons. The molecule has 0 rings (SSSR count). The molecule has 2 atom stereocenters. The van der Waals surface area contributed by atoms with Gasteiger partial charge in [0.2, 0.25) is 0 Å². The van der Waals surface area contributed by atoms with Crippen molar-refractivity contribution >= 4 is 5.05 Å². The van der Waals surface area contributed by atoms with Gasteiger partial charge in [0, 0.05) is 0 Å². The van der Waals surface area contributed by atoms with Crippen LogP contribution in [0.1, 0.15) is 27.7 Å². The molecule has 0 aliphatic carbocycles. The molecule has 11 heavy (non-hydrogen) atoms. The fraction of sp³-hybridized carbons (Fsp3) is 0.750. The van der Waals surface area contributed by atoms with Crippen LogP contribution in [0.4, 0.5) is 0 Å². The molecule has 65 valence electrons. The second kappa shape index (κ2) is 11.1. The zero-order chi connectivity index (χ0) is 9.28.